The van der Waals surface area contributed by atoms with Gasteiger partial charge >= 0.3 is 5.97 Å². The van der Waals surface area contributed by atoms with E-state index in [1.54, 1.807) is 0 Å². The fourth-order valence-corrected chi connectivity index (χ4v) is 1.83. The molecular weight excluding hydrogens is 360 g/mol. The highest BCUT2D eigenvalue weighted by atomic mass is 79.9. The molecule has 98 valence electrons. The lowest BCUT2D eigenvalue weighted by atomic mass is 10.1. The van der Waals surface area contributed by atoms with Crippen LogP contribution >= 0.6 is 31.9 Å². The summed E-state index contributed by atoms with van der Waals surface area (Å²) in [6.07, 6.45) is 0.585. The minimum absolute atomic E-state index is 0.0991. The van der Waals surface area contributed by atoms with Gasteiger partial charge in [-0.2, -0.15) is 0 Å². The van der Waals surface area contributed by atoms with Crippen LogP contribution in [0.1, 0.15) is 12.8 Å². The summed E-state index contributed by atoms with van der Waals surface area (Å²) in [5.74, 6) is -2.35. The molecule has 0 aromatic carbocycles. The maximum Gasteiger partial charge on any atom is 0.326 e. The van der Waals surface area contributed by atoms with Crippen LogP contribution in [-0.2, 0) is 14.4 Å². The van der Waals surface area contributed by atoms with Gasteiger partial charge in [0, 0.05) is 0 Å². The van der Waals surface area contributed by atoms with Gasteiger partial charge in [-0.25, -0.2) is 4.79 Å². The Morgan fingerprint density at radius 3 is 1.94 bits per heavy atom. The molecule has 0 saturated heterocycles. The van der Waals surface area contributed by atoms with E-state index < -0.39 is 23.8 Å². The van der Waals surface area contributed by atoms with Crippen LogP contribution in [0.2, 0.25) is 0 Å². The summed E-state index contributed by atoms with van der Waals surface area (Å²) in [7, 11) is 0. The summed E-state index contributed by atoms with van der Waals surface area (Å²) >= 11 is 5.84. The van der Waals surface area contributed by atoms with E-state index in [0.29, 0.717) is 13.0 Å². The molecule has 0 unspecified atom stereocenters. The molecule has 0 aliphatic heterocycles. The van der Waals surface area contributed by atoms with Crippen molar-refractivity contribution in [2.45, 2.75) is 18.9 Å². The van der Waals surface area contributed by atoms with Crippen molar-refractivity contribution in [3.05, 3.63) is 0 Å². The largest absolute Gasteiger partial charge is 0.480 e. The van der Waals surface area contributed by atoms with Gasteiger partial charge in [-0.15, -0.1) is 0 Å². The molecule has 0 bridgehead atoms. The molecule has 17 heavy (non-hydrogen) atoms. The van der Waals surface area contributed by atoms with Crippen LogP contribution in [0.3, 0.4) is 0 Å². The summed E-state index contributed by atoms with van der Waals surface area (Å²) in [6, 6.07) is -1.16. The maximum absolute atomic E-state index is 11.6. The van der Waals surface area contributed by atoms with Crippen LogP contribution in [-0.4, -0.2) is 51.0 Å². The minimum atomic E-state index is -1.21. The van der Waals surface area contributed by atoms with E-state index in [-0.39, 0.29) is 17.1 Å². The van der Waals surface area contributed by atoms with Gasteiger partial charge < -0.3 is 10.8 Å². The summed E-state index contributed by atoms with van der Waals surface area (Å²) < 4.78 is 0. The molecule has 1 atom stereocenters. The number of nitrogens with two attached hydrogens (primary N) is 1. The second-order valence-corrected chi connectivity index (χ2v) is 4.33. The smallest absolute Gasteiger partial charge is 0.326 e. The number of hydrogen-bond acceptors (Lipinski definition) is 4. The van der Waals surface area contributed by atoms with Gasteiger partial charge in [0.05, 0.1) is 10.7 Å². The fraction of sp³-hybridized carbons (Fsp3) is 0.667. The lowest BCUT2D eigenvalue weighted by molar-refractivity contribution is -0.156. The number of imide groups is 1. The van der Waals surface area contributed by atoms with Crippen molar-refractivity contribution < 1.29 is 19.5 Å². The summed E-state index contributed by atoms with van der Waals surface area (Å²) in [6.45, 7) is 0.308. The number of aliphatic carboxylic acids is 1. The summed E-state index contributed by atoms with van der Waals surface area (Å²) in [5.41, 5.74) is 5.29. The molecule has 0 spiro atoms. The summed E-state index contributed by atoms with van der Waals surface area (Å²) in [5, 5.41) is 8.84. The standard InChI is InChI=1S/C9H14Br2N2O4/c10-4-7(14)13(8(15)5-11)6(9(16)17)2-1-3-12/h6H,1-5,12H2,(H,16,17)/t6-/m0/s1. The van der Waals surface area contributed by atoms with Crippen molar-refractivity contribution in [1.82, 2.24) is 4.90 Å². The molecule has 2 amide bonds. The van der Waals surface area contributed by atoms with E-state index in [2.05, 4.69) is 31.9 Å². The van der Waals surface area contributed by atoms with Crippen LogP contribution < -0.4 is 5.73 Å². The Kier molecular flexibility index (Phi) is 8.36. The zero-order valence-corrected chi connectivity index (χ0v) is 12.2. The van der Waals surface area contributed by atoms with E-state index in [1.165, 1.54) is 0 Å². The van der Waals surface area contributed by atoms with Crippen molar-refractivity contribution in [2.24, 2.45) is 5.73 Å². The molecule has 0 aliphatic rings. The van der Waals surface area contributed by atoms with Crippen molar-refractivity contribution in [1.29, 1.82) is 0 Å². The Labute approximate surface area is 116 Å². The van der Waals surface area contributed by atoms with E-state index in [9.17, 15) is 14.4 Å². The molecule has 8 heteroatoms. The Balaban J connectivity index is 4.99. The number of carboxylic acid groups (broad SMARTS) is 1. The highest BCUT2D eigenvalue weighted by Crippen LogP contribution is 2.11. The first-order chi connectivity index (χ1) is 7.99. The number of halogens is 2. The van der Waals surface area contributed by atoms with Crippen molar-refractivity contribution in [3.8, 4) is 0 Å². The molecule has 0 saturated carbocycles. The van der Waals surface area contributed by atoms with Crippen LogP contribution in [0, 0.1) is 0 Å². The first-order valence-corrected chi connectivity index (χ1v) is 7.13. The maximum atomic E-state index is 11.6. The Morgan fingerprint density at radius 2 is 1.65 bits per heavy atom. The molecule has 0 rings (SSSR count). The highest BCUT2D eigenvalue weighted by Gasteiger charge is 2.32. The molecule has 3 N–H and O–H groups in total. The van der Waals surface area contributed by atoms with Crippen LogP contribution in [0.4, 0.5) is 0 Å². The first kappa shape index (κ1) is 16.5. The number of hydrogen-bond donors (Lipinski definition) is 2. The zero-order chi connectivity index (χ0) is 13.4. The van der Waals surface area contributed by atoms with Gasteiger partial charge in [0.25, 0.3) is 0 Å². The predicted octanol–water partition coefficient (Wildman–Crippen LogP) is 0.323. The second kappa shape index (κ2) is 8.60. The van der Waals surface area contributed by atoms with E-state index in [0.717, 1.165) is 4.90 Å². The summed E-state index contributed by atoms with van der Waals surface area (Å²) in [4.78, 5) is 35.0. The molecular formula is C9H14Br2N2O4. The topological polar surface area (TPSA) is 101 Å². The number of alkyl halides is 2. The number of carbonyl (C=O) groups excluding carboxylic acids is 2. The van der Waals surface area contributed by atoms with Crippen LogP contribution in [0.5, 0.6) is 0 Å². The normalized spacial score (nSPS) is 11.9. The number of carbonyl (C=O) groups is 3. The van der Waals surface area contributed by atoms with Crippen LogP contribution in [0.25, 0.3) is 0 Å². The molecule has 0 heterocycles. The van der Waals surface area contributed by atoms with Gasteiger partial charge in [-0.1, -0.05) is 31.9 Å². The lowest BCUT2D eigenvalue weighted by Gasteiger charge is -2.26. The first-order valence-electron chi connectivity index (χ1n) is 4.89. The monoisotopic (exact) mass is 372 g/mol. The van der Waals surface area contributed by atoms with E-state index in [1.807, 2.05) is 0 Å². The SMILES string of the molecule is NCCC[C@@H](C(=O)O)N(C(=O)CBr)C(=O)CBr. The highest BCUT2D eigenvalue weighted by molar-refractivity contribution is 9.09. The molecule has 0 aromatic heterocycles. The molecule has 0 radical (unpaired) electrons. The third kappa shape index (κ3) is 5.13. The zero-order valence-electron chi connectivity index (χ0n) is 9.07. The fourth-order valence-electron chi connectivity index (χ4n) is 1.29. The van der Waals surface area contributed by atoms with Gasteiger partial charge in [-0.3, -0.25) is 14.5 Å². The van der Waals surface area contributed by atoms with Gasteiger partial charge in [0.1, 0.15) is 6.04 Å². The quantitative estimate of drug-likeness (QED) is 0.626. The molecule has 0 fully saturated rings. The van der Waals surface area contributed by atoms with Gasteiger partial charge in [0.2, 0.25) is 11.8 Å². The number of amides is 2. The number of carboxylic acids is 1. The van der Waals surface area contributed by atoms with Gasteiger partial charge in [-0.05, 0) is 19.4 Å². The van der Waals surface area contributed by atoms with Crippen molar-refractivity contribution in [3.63, 3.8) is 0 Å². The third-order valence-corrected chi connectivity index (χ3v) is 3.00. The average molecular weight is 374 g/mol. The van der Waals surface area contributed by atoms with Gasteiger partial charge in [0.15, 0.2) is 0 Å². The number of nitrogens with zero attached hydrogens (tertiary/aromatic N) is 1. The molecule has 6 nitrogen and oxygen atoms in total. The van der Waals surface area contributed by atoms with E-state index >= 15 is 0 Å². The third-order valence-electron chi connectivity index (χ3n) is 2.04. The predicted molar refractivity (Wildman–Crippen MR) is 69.2 cm³/mol. The Bertz CT molecular complexity index is 283. The lowest BCUT2D eigenvalue weighted by Crippen LogP contribution is -2.49. The van der Waals surface area contributed by atoms with Crippen LogP contribution in [0.15, 0.2) is 0 Å². The van der Waals surface area contributed by atoms with E-state index in [4.69, 9.17) is 10.8 Å². The second-order valence-electron chi connectivity index (χ2n) is 3.21. The van der Waals surface area contributed by atoms with Crippen molar-refractivity contribution >= 4 is 49.6 Å². The Morgan fingerprint density at radius 1 is 1.18 bits per heavy atom. The van der Waals surface area contributed by atoms with Crippen molar-refractivity contribution in [2.75, 3.05) is 17.2 Å². The average Bonchev–Trinajstić information content (AvgIpc) is 2.32. The molecule has 0 aliphatic carbocycles. The molecule has 0 aromatic rings. The minimum Gasteiger partial charge on any atom is -0.480 e. The number of rotatable bonds is 7. The Hall–Kier alpha value is -0.470.